The van der Waals surface area contributed by atoms with E-state index in [0.29, 0.717) is 29.2 Å². The van der Waals surface area contributed by atoms with Gasteiger partial charge in [-0.05, 0) is 67.9 Å². The smallest absolute Gasteiger partial charge is 0.416 e. The van der Waals surface area contributed by atoms with E-state index in [0.717, 1.165) is 41.3 Å². The van der Waals surface area contributed by atoms with E-state index in [1.165, 1.54) is 17.7 Å². The van der Waals surface area contributed by atoms with Crippen molar-refractivity contribution in [3.63, 3.8) is 0 Å². The van der Waals surface area contributed by atoms with E-state index >= 15 is 0 Å². The average Bonchev–Trinajstić information content (AvgIpc) is 3.26. The van der Waals surface area contributed by atoms with Gasteiger partial charge in [-0.3, -0.25) is 10.0 Å². The number of likely N-dealkylation sites (N-methyl/N-ethyl adjacent to an activating group) is 1. The van der Waals surface area contributed by atoms with Crippen LogP contribution in [0.15, 0.2) is 88.2 Å². The molecule has 0 aliphatic carbocycles. The summed E-state index contributed by atoms with van der Waals surface area (Å²) in [6, 6.07) is 22.4. The number of thioether (sulfide) groups is 1. The molecule has 0 saturated carbocycles. The minimum Gasteiger partial charge on any atom is -0.459 e. The first-order chi connectivity index (χ1) is 17.2. The molecule has 0 aliphatic heterocycles. The molecule has 1 heterocycles. The summed E-state index contributed by atoms with van der Waals surface area (Å²) >= 11 is 1.60. The van der Waals surface area contributed by atoms with Crippen LogP contribution in [0.4, 0.5) is 13.2 Å². The Hall–Kier alpha value is -3.16. The van der Waals surface area contributed by atoms with Crippen molar-refractivity contribution in [2.24, 2.45) is 0 Å². The Bertz CT molecular complexity index is 1280. The summed E-state index contributed by atoms with van der Waals surface area (Å²) in [5.41, 5.74) is 2.83. The average molecular weight is 511 g/mol. The summed E-state index contributed by atoms with van der Waals surface area (Å²) in [6.07, 6.45) is -3.48. The highest BCUT2D eigenvalue weighted by molar-refractivity contribution is 7.98. The van der Waals surface area contributed by atoms with E-state index in [2.05, 4.69) is 17.0 Å². The van der Waals surface area contributed by atoms with Gasteiger partial charge in [0.05, 0.1) is 12.1 Å². The van der Waals surface area contributed by atoms with Gasteiger partial charge in [0.1, 0.15) is 11.5 Å². The van der Waals surface area contributed by atoms with Crippen molar-refractivity contribution in [3.05, 3.63) is 107 Å². The number of benzene rings is 3. The number of hydrogen-bond donors (Lipinski definition) is 0. The molecule has 0 fully saturated rings. The third-order valence-electron chi connectivity index (χ3n) is 5.97. The Morgan fingerprint density at radius 2 is 1.67 bits per heavy atom. The van der Waals surface area contributed by atoms with Crippen molar-refractivity contribution in [2.75, 3.05) is 13.6 Å². The lowest BCUT2D eigenvalue weighted by molar-refractivity contribution is -0.137. The van der Waals surface area contributed by atoms with Gasteiger partial charge in [0.2, 0.25) is 0 Å². The summed E-state index contributed by atoms with van der Waals surface area (Å²) < 4.78 is 45.2. The van der Waals surface area contributed by atoms with Crippen LogP contribution in [0.1, 0.15) is 28.0 Å². The van der Waals surface area contributed by atoms with Gasteiger partial charge in [0.15, 0.2) is 5.75 Å². The maximum Gasteiger partial charge on any atom is 0.416 e. The number of furan rings is 1. The quantitative estimate of drug-likeness (QED) is 0.212. The minimum absolute atomic E-state index is 0.00739. The molecule has 3 nitrogen and oxygen atoms in total. The second-order valence-electron chi connectivity index (χ2n) is 8.82. The minimum atomic E-state index is -4.38. The molecular formula is C29H27F3NO2S. The molecule has 4 aromatic rings. The fourth-order valence-electron chi connectivity index (χ4n) is 3.85. The molecule has 0 bridgehead atoms. The van der Waals surface area contributed by atoms with Gasteiger partial charge in [0, 0.05) is 28.3 Å². The third kappa shape index (κ3) is 6.74. The summed E-state index contributed by atoms with van der Waals surface area (Å²) in [5.74, 6) is 1.94. The zero-order valence-corrected chi connectivity index (χ0v) is 21.0. The van der Waals surface area contributed by atoms with Crippen LogP contribution in [0.5, 0.6) is 5.75 Å². The van der Waals surface area contributed by atoms with Crippen molar-refractivity contribution < 1.29 is 22.7 Å². The molecule has 4 rings (SSSR count). The fraction of sp³-hybridized carbons (Fsp3) is 0.241. The summed E-state index contributed by atoms with van der Waals surface area (Å²) in [5, 5.41) is 11.7. The number of halogens is 3. The van der Waals surface area contributed by atoms with Crippen LogP contribution in [0.25, 0.3) is 11.3 Å². The summed E-state index contributed by atoms with van der Waals surface area (Å²) in [7, 11) is 2.02. The zero-order valence-electron chi connectivity index (χ0n) is 20.1. The lowest BCUT2D eigenvalue weighted by Gasteiger charge is -2.16. The number of rotatable bonds is 9. The van der Waals surface area contributed by atoms with Gasteiger partial charge in [-0.25, -0.2) is 0 Å². The molecule has 0 aliphatic rings. The van der Waals surface area contributed by atoms with Crippen LogP contribution in [-0.4, -0.2) is 18.5 Å². The van der Waals surface area contributed by atoms with Crippen molar-refractivity contribution in [1.82, 2.24) is 4.90 Å². The van der Waals surface area contributed by atoms with Crippen molar-refractivity contribution in [1.29, 1.82) is 0 Å². The number of nitrogens with zero attached hydrogens (tertiary/aromatic N) is 1. The highest BCUT2D eigenvalue weighted by atomic mass is 32.2. The molecule has 3 aromatic carbocycles. The van der Waals surface area contributed by atoms with Crippen molar-refractivity contribution in [2.45, 2.75) is 36.7 Å². The molecule has 0 atom stereocenters. The standard InChI is InChI=1S/C29H27F3NO2S/c1-20-16-25(12-13-26(20)34)36-19-23-17-27(22-8-10-24(11-9-22)29(30,31)32)35-28(23)18-33(2)15-14-21-6-4-3-5-7-21/h3-13,16-17H,14-15,18-19H2,1-2H3. The first-order valence-electron chi connectivity index (χ1n) is 11.6. The van der Waals surface area contributed by atoms with E-state index < -0.39 is 11.7 Å². The van der Waals surface area contributed by atoms with Crippen LogP contribution < -0.4 is 0 Å². The fourth-order valence-corrected chi connectivity index (χ4v) is 4.84. The van der Waals surface area contributed by atoms with Crippen LogP contribution in [0.2, 0.25) is 0 Å². The maximum atomic E-state index is 13.0. The Kier molecular flexibility index (Phi) is 8.11. The van der Waals surface area contributed by atoms with Gasteiger partial charge < -0.3 is 4.42 Å². The Morgan fingerprint density at radius 1 is 0.944 bits per heavy atom. The van der Waals surface area contributed by atoms with Gasteiger partial charge >= 0.3 is 6.18 Å². The molecule has 0 saturated heterocycles. The van der Waals surface area contributed by atoms with Gasteiger partial charge in [0.25, 0.3) is 0 Å². The Balaban J connectivity index is 1.53. The van der Waals surface area contributed by atoms with Crippen LogP contribution >= 0.6 is 11.8 Å². The molecule has 7 heteroatoms. The lowest BCUT2D eigenvalue weighted by Crippen LogP contribution is -2.21. The molecule has 1 radical (unpaired) electrons. The van der Waals surface area contributed by atoms with E-state index in [1.54, 1.807) is 24.8 Å². The molecule has 0 unspecified atom stereocenters. The highest BCUT2D eigenvalue weighted by Crippen LogP contribution is 2.35. The van der Waals surface area contributed by atoms with Crippen LogP contribution in [0.3, 0.4) is 0 Å². The largest absolute Gasteiger partial charge is 0.459 e. The van der Waals surface area contributed by atoms with Gasteiger partial charge in [-0.15, -0.1) is 11.8 Å². The summed E-state index contributed by atoms with van der Waals surface area (Å²) in [6.45, 7) is 3.19. The van der Waals surface area contributed by atoms with E-state index in [4.69, 9.17) is 4.42 Å². The maximum absolute atomic E-state index is 13.0. The first kappa shape index (κ1) is 25.9. The number of hydrogen-bond acceptors (Lipinski definition) is 3. The van der Waals surface area contributed by atoms with E-state index in [-0.39, 0.29) is 5.75 Å². The molecule has 0 N–H and O–H groups in total. The van der Waals surface area contributed by atoms with Crippen molar-refractivity contribution >= 4 is 11.8 Å². The molecule has 36 heavy (non-hydrogen) atoms. The molecular weight excluding hydrogens is 483 g/mol. The Labute approximate surface area is 213 Å². The number of alkyl halides is 3. The van der Waals surface area contributed by atoms with Crippen LogP contribution in [0, 0.1) is 6.92 Å². The summed E-state index contributed by atoms with van der Waals surface area (Å²) in [4.78, 5) is 3.15. The van der Waals surface area contributed by atoms with E-state index in [9.17, 15) is 18.3 Å². The second kappa shape index (κ2) is 11.3. The van der Waals surface area contributed by atoms with Crippen molar-refractivity contribution in [3.8, 4) is 17.1 Å². The lowest BCUT2D eigenvalue weighted by atomic mass is 10.1. The molecule has 0 amide bonds. The predicted octanol–water partition coefficient (Wildman–Crippen LogP) is 8.38. The third-order valence-corrected chi connectivity index (χ3v) is 7.02. The monoisotopic (exact) mass is 510 g/mol. The topological polar surface area (TPSA) is 36.3 Å². The Morgan fingerprint density at radius 3 is 2.33 bits per heavy atom. The van der Waals surface area contributed by atoms with E-state index in [1.807, 2.05) is 43.4 Å². The number of aryl methyl sites for hydroxylation is 1. The highest BCUT2D eigenvalue weighted by Gasteiger charge is 2.30. The zero-order chi connectivity index (χ0) is 25.7. The SMILES string of the molecule is Cc1cc(SCc2cc(-c3ccc(C(F)(F)F)cc3)oc2CN(C)CCc2ccccc2)ccc1[O]. The van der Waals surface area contributed by atoms with Crippen LogP contribution in [-0.2, 0) is 30.0 Å². The molecule has 187 valence electrons. The normalized spacial score (nSPS) is 11.8. The molecule has 1 aromatic heterocycles. The molecule has 0 spiro atoms. The predicted molar refractivity (Wildman–Crippen MR) is 136 cm³/mol. The second-order valence-corrected chi connectivity index (χ2v) is 9.87. The van der Waals surface area contributed by atoms with Gasteiger partial charge in [-0.1, -0.05) is 42.5 Å². The van der Waals surface area contributed by atoms with Gasteiger partial charge in [-0.2, -0.15) is 13.2 Å². The first-order valence-corrected chi connectivity index (χ1v) is 12.6.